The molecule has 0 aliphatic heterocycles. The van der Waals surface area contributed by atoms with Crippen LogP contribution in [-0.2, 0) is 4.74 Å². The zero-order chi connectivity index (χ0) is 10.0. The average molecular weight is 190 g/mol. The molecule has 0 aliphatic carbocycles. The summed E-state index contributed by atoms with van der Waals surface area (Å²) in [4.78, 5) is 10.7. The quantitative estimate of drug-likeness (QED) is 0.499. The molecule has 13 heavy (non-hydrogen) atoms. The number of methoxy groups -OCH3 is 1. The molecule has 1 rings (SSSR count). The third-order valence-electron chi connectivity index (χ3n) is 1.44. The Bertz CT molecular complexity index is 349. The highest BCUT2D eigenvalue weighted by atomic mass is 19.2. The van der Waals surface area contributed by atoms with Gasteiger partial charge in [-0.2, -0.15) is 0 Å². The lowest BCUT2D eigenvalue weighted by Gasteiger charge is -2.01. The normalized spacial score (nSPS) is 9.85. The molecule has 0 spiro atoms. The van der Waals surface area contributed by atoms with Gasteiger partial charge in [0, 0.05) is 0 Å². The third-order valence-corrected chi connectivity index (χ3v) is 1.44. The number of ether oxygens (including phenoxy) is 1. The fourth-order valence-electron chi connectivity index (χ4n) is 0.794. The second-order valence-corrected chi connectivity index (χ2v) is 2.21. The highest BCUT2D eigenvalue weighted by molar-refractivity contribution is 5.89. The van der Waals surface area contributed by atoms with Gasteiger partial charge < -0.3 is 4.74 Å². The molecule has 0 unspecified atom stereocenters. The van der Waals surface area contributed by atoms with Crippen LogP contribution >= 0.6 is 0 Å². The Kier molecular flexibility index (Phi) is 2.55. The van der Waals surface area contributed by atoms with Gasteiger partial charge >= 0.3 is 5.97 Å². The van der Waals surface area contributed by atoms with Gasteiger partial charge in [0.05, 0.1) is 12.7 Å². The number of carbonyl (C=O) groups excluding carboxylic acids is 1. The molecule has 2 nitrogen and oxygen atoms in total. The lowest BCUT2D eigenvalue weighted by molar-refractivity contribution is 0.0594. The van der Waals surface area contributed by atoms with Crippen molar-refractivity contribution in [1.29, 1.82) is 0 Å². The maximum absolute atomic E-state index is 12.8. The lowest BCUT2D eigenvalue weighted by atomic mass is 10.2. The van der Waals surface area contributed by atoms with Crippen LogP contribution in [0.1, 0.15) is 10.4 Å². The minimum absolute atomic E-state index is 0.624. The number of hydrogen-bond acceptors (Lipinski definition) is 2. The van der Waals surface area contributed by atoms with E-state index in [1.807, 2.05) is 0 Å². The fourth-order valence-corrected chi connectivity index (χ4v) is 0.794. The van der Waals surface area contributed by atoms with Crippen molar-refractivity contribution < 1.29 is 22.7 Å². The van der Waals surface area contributed by atoms with Crippen LogP contribution in [0.4, 0.5) is 13.2 Å². The SMILES string of the molecule is COC(=O)c1ccc(F)c(F)c1F. The summed E-state index contributed by atoms with van der Waals surface area (Å²) in [6.45, 7) is 0. The molecule has 0 radical (unpaired) electrons. The molecule has 0 fully saturated rings. The topological polar surface area (TPSA) is 26.3 Å². The van der Waals surface area contributed by atoms with Crippen molar-refractivity contribution in [3.8, 4) is 0 Å². The van der Waals surface area contributed by atoms with Crippen molar-refractivity contribution in [2.24, 2.45) is 0 Å². The Morgan fingerprint density at radius 1 is 1.23 bits per heavy atom. The molecular weight excluding hydrogens is 185 g/mol. The van der Waals surface area contributed by atoms with E-state index >= 15 is 0 Å². The Labute approximate surface area is 71.9 Å². The Morgan fingerprint density at radius 3 is 2.38 bits per heavy atom. The van der Waals surface area contributed by atoms with Crippen LogP contribution in [0.25, 0.3) is 0 Å². The van der Waals surface area contributed by atoms with Gasteiger partial charge in [-0.15, -0.1) is 0 Å². The first-order valence-electron chi connectivity index (χ1n) is 3.29. The summed E-state index contributed by atoms with van der Waals surface area (Å²) in [6.07, 6.45) is 0. The molecule has 0 bridgehead atoms. The van der Waals surface area contributed by atoms with E-state index in [-0.39, 0.29) is 0 Å². The standard InChI is InChI=1S/C8H5F3O2/c1-13-8(12)4-2-3-5(9)7(11)6(4)10/h2-3H,1H3. The number of benzene rings is 1. The van der Waals surface area contributed by atoms with Gasteiger partial charge in [-0.05, 0) is 12.1 Å². The molecule has 0 amide bonds. The molecular formula is C8H5F3O2. The summed E-state index contributed by atoms with van der Waals surface area (Å²) in [7, 11) is 1.02. The lowest BCUT2D eigenvalue weighted by Crippen LogP contribution is -2.07. The second kappa shape index (κ2) is 3.47. The molecule has 1 aromatic rings. The van der Waals surface area contributed by atoms with Gasteiger partial charge in [0.2, 0.25) is 0 Å². The minimum Gasteiger partial charge on any atom is -0.465 e. The average Bonchev–Trinajstić information content (AvgIpc) is 2.13. The number of rotatable bonds is 1. The van der Waals surface area contributed by atoms with Gasteiger partial charge in [-0.3, -0.25) is 0 Å². The number of carbonyl (C=O) groups is 1. The van der Waals surface area contributed by atoms with E-state index in [2.05, 4.69) is 4.74 Å². The number of halogens is 3. The van der Waals surface area contributed by atoms with Crippen LogP contribution in [-0.4, -0.2) is 13.1 Å². The van der Waals surface area contributed by atoms with Crippen molar-refractivity contribution in [2.75, 3.05) is 7.11 Å². The van der Waals surface area contributed by atoms with E-state index in [0.29, 0.717) is 6.07 Å². The van der Waals surface area contributed by atoms with Crippen LogP contribution in [0, 0.1) is 17.5 Å². The summed E-state index contributed by atoms with van der Waals surface area (Å²) < 4.78 is 41.8. The Morgan fingerprint density at radius 2 is 1.85 bits per heavy atom. The molecule has 0 heterocycles. The molecule has 5 heteroatoms. The highest BCUT2D eigenvalue weighted by Crippen LogP contribution is 2.15. The van der Waals surface area contributed by atoms with Crippen molar-refractivity contribution in [3.05, 3.63) is 35.1 Å². The minimum atomic E-state index is -1.68. The van der Waals surface area contributed by atoms with E-state index < -0.39 is 29.0 Å². The largest absolute Gasteiger partial charge is 0.465 e. The molecule has 0 aromatic heterocycles. The van der Waals surface area contributed by atoms with Gasteiger partial charge in [-0.25, -0.2) is 18.0 Å². The predicted octanol–water partition coefficient (Wildman–Crippen LogP) is 1.89. The monoisotopic (exact) mass is 190 g/mol. The van der Waals surface area contributed by atoms with E-state index in [9.17, 15) is 18.0 Å². The maximum atomic E-state index is 12.8. The molecule has 0 saturated carbocycles. The van der Waals surface area contributed by atoms with Crippen molar-refractivity contribution in [3.63, 3.8) is 0 Å². The summed E-state index contributed by atoms with van der Waals surface area (Å²) in [5, 5.41) is 0. The molecule has 0 saturated heterocycles. The first kappa shape index (κ1) is 9.57. The van der Waals surface area contributed by atoms with Crippen molar-refractivity contribution in [1.82, 2.24) is 0 Å². The molecule has 1 aromatic carbocycles. The summed E-state index contributed by atoms with van der Waals surface area (Å²) >= 11 is 0. The van der Waals surface area contributed by atoms with E-state index in [4.69, 9.17) is 0 Å². The third kappa shape index (κ3) is 1.63. The second-order valence-electron chi connectivity index (χ2n) is 2.21. The van der Waals surface area contributed by atoms with Gasteiger partial charge in [0.15, 0.2) is 17.5 Å². The summed E-state index contributed by atoms with van der Waals surface area (Å²) in [6, 6.07) is 1.48. The van der Waals surface area contributed by atoms with Crippen LogP contribution in [0.3, 0.4) is 0 Å². The predicted molar refractivity (Wildman–Crippen MR) is 37.7 cm³/mol. The first-order chi connectivity index (χ1) is 6.07. The maximum Gasteiger partial charge on any atom is 0.340 e. The van der Waals surface area contributed by atoms with Crippen molar-refractivity contribution in [2.45, 2.75) is 0 Å². The summed E-state index contributed by atoms with van der Waals surface area (Å²) in [5.74, 6) is -5.60. The van der Waals surface area contributed by atoms with Gasteiger partial charge in [0.1, 0.15) is 0 Å². The number of esters is 1. The summed E-state index contributed by atoms with van der Waals surface area (Å²) in [5.41, 5.74) is -0.624. The van der Waals surface area contributed by atoms with E-state index in [1.54, 1.807) is 0 Å². The first-order valence-corrected chi connectivity index (χ1v) is 3.29. The van der Waals surface area contributed by atoms with Crippen LogP contribution in [0.2, 0.25) is 0 Å². The van der Waals surface area contributed by atoms with Crippen molar-refractivity contribution >= 4 is 5.97 Å². The Balaban J connectivity index is 3.26. The molecule has 0 atom stereocenters. The highest BCUT2D eigenvalue weighted by Gasteiger charge is 2.18. The van der Waals surface area contributed by atoms with Crippen LogP contribution in [0.5, 0.6) is 0 Å². The van der Waals surface area contributed by atoms with E-state index in [0.717, 1.165) is 13.2 Å². The fraction of sp³-hybridized carbons (Fsp3) is 0.125. The smallest absolute Gasteiger partial charge is 0.340 e. The van der Waals surface area contributed by atoms with Gasteiger partial charge in [0.25, 0.3) is 0 Å². The van der Waals surface area contributed by atoms with Crippen LogP contribution < -0.4 is 0 Å². The number of hydrogen-bond donors (Lipinski definition) is 0. The van der Waals surface area contributed by atoms with Gasteiger partial charge in [-0.1, -0.05) is 0 Å². The zero-order valence-electron chi connectivity index (χ0n) is 6.61. The molecule has 70 valence electrons. The zero-order valence-corrected chi connectivity index (χ0v) is 6.61. The Hall–Kier alpha value is -1.52. The molecule has 0 aliphatic rings. The molecule has 0 N–H and O–H groups in total. The van der Waals surface area contributed by atoms with Crippen LogP contribution in [0.15, 0.2) is 12.1 Å². The van der Waals surface area contributed by atoms with E-state index in [1.165, 1.54) is 0 Å².